The van der Waals surface area contributed by atoms with Crippen molar-refractivity contribution in [3.8, 4) is 0 Å². The van der Waals surface area contributed by atoms with Crippen molar-refractivity contribution in [1.29, 1.82) is 0 Å². The van der Waals surface area contributed by atoms with Crippen molar-refractivity contribution in [2.45, 2.75) is 13.8 Å². The standard InChI is InChI=1S/C17H20N2O2/c1-3-19(4-2)15-9-7-14(8-10-15)18-17(20)12-11-16-6-5-13-21-16/h5-13H,3-4H2,1-2H3,(H,18,20)/b12-11+. The van der Waals surface area contributed by atoms with Crippen molar-refractivity contribution in [2.24, 2.45) is 0 Å². The second-order valence-corrected chi connectivity index (χ2v) is 4.56. The van der Waals surface area contributed by atoms with Gasteiger partial charge in [-0.2, -0.15) is 0 Å². The fraction of sp³-hybridized carbons (Fsp3) is 0.235. The van der Waals surface area contributed by atoms with E-state index < -0.39 is 0 Å². The van der Waals surface area contributed by atoms with Crippen LogP contribution < -0.4 is 10.2 Å². The molecule has 0 fully saturated rings. The summed E-state index contributed by atoms with van der Waals surface area (Å²) in [5.74, 6) is 0.476. The van der Waals surface area contributed by atoms with Crippen molar-refractivity contribution in [1.82, 2.24) is 0 Å². The third-order valence-corrected chi connectivity index (χ3v) is 3.21. The summed E-state index contributed by atoms with van der Waals surface area (Å²) in [5, 5.41) is 2.82. The second-order valence-electron chi connectivity index (χ2n) is 4.56. The maximum Gasteiger partial charge on any atom is 0.248 e. The van der Waals surface area contributed by atoms with Crippen LogP contribution in [-0.2, 0) is 4.79 Å². The van der Waals surface area contributed by atoms with Crippen molar-refractivity contribution in [3.05, 3.63) is 54.5 Å². The molecule has 0 aliphatic carbocycles. The molecule has 110 valence electrons. The van der Waals surface area contributed by atoms with E-state index in [1.807, 2.05) is 24.3 Å². The largest absolute Gasteiger partial charge is 0.465 e. The molecule has 2 aromatic rings. The first-order valence-electron chi connectivity index (χ1n) is 7.10. The lowest BCUT2D eigenvalue weighted by Crippen LogP contribution is -2.21. The Morgan fingerprint density at radius 1 is 1.19 bits per heavy atom. The van der Waals surface area contributed by atoms with E-state index in [1.54, 1.807) is 24.5 Å². The maximum atomic E-state index is 11.8. The molecular formula is C17H20N2O2. The molecule has 1 heterocycles. The maximum absolute atomic E-state index is 11.8. The molecule has 0 aliphatic heterocycles. The van der Waals surface area contributed by atoms with E-state index in [0.717, 1.165) is 24.5 Å². The highest BCUT2D eigenvalue weighted by molar-refractivity contribution is 6.01. The van der Waals surface area contributed by atoms with E-state index in [1.165, 1.54) is 6.08 Å². The van der Waals surface area contributed by atoms with Gasteiger partial charge in [-0.25, -0.2) is 0 Å². The van der Waals surface area contributed by atoms with Gasteiger partial charge in [-0.1, -0.05) is 0 Å². The quantitative estimate of drug-likeness (QED) is 0.821. The average molecular weight is 284 g/mol. The highest BCUT2D eigenvalue weighted by Gasteiger charge is 2.02. The molecule has 0 atom stereocenters. The number of carbonyl (C=O) groups is 1. The Hall–Kier alpha value is -2.49. The molecule has 0 spiro atoms. The fourth-order valence-corrected chi connectivity index (χ4v) is 2.07. The Bertz CT molecular complexity index is 582. The Morgan fingerprint density at radius 3 is 2.48 bits per heavy atom. The first-order valence-corrected chi connectivity index (χ1v) is 7.10. The topological polar surface area (TPSA) is 45.5 Å². The monoisotopic (exact) mass is 284 g/mol. The molecule has 1 aromatic heterocycles. The molecule has 0 saturated carbocycles. The van der Waals surface area contributed by atoms with E-state index in [9.17, 15) is 4.79 Å². The average Bonchev–Trinajstić information content (AvgIpc) is 3.01. The minimum Gasteiger partial charge on any atom is -0.465 e. The molecule has 4 nitrogen and oxygen atoms in total. The van der Waals surface area contributed by atoms with Gasteiger partial charge in [0.1, 0.15) is 5.76 Å². The number of rotatable bonds is 6. The number of amides is 1. The van der Waals surface area contributed by atoms with Gasteiger partial charge in [0.2, 0.25) is 5.91 Å². The zero-order chi connectivity index (χ0) is 15.1. The van der Waals surface area contributed by atoms with Crippen LogP contribution in [-0.4, -0.2) is 19.0 Å². The van der Waals surface area contributed by atoms with Crippen molar-refractivity contribution in [3.63, 3.8) is 0 Å². The number of nitrogens with zero attached hydrogens (tertiary/aromatic N) is 1. The van der Waals surface area contributed by atoms with Crippen LogP contribution in [0.25, 0.3) is 6.08 Å². The lowest BCUT2D eigenvalue weighted by Gasteiger charge is -2.21. The molecule has 1 amide bonds. The van der Waals surface area contributed by atoms with Crippen molar-refractivity contribution >= 4 is 23.4 Å². The Labute approximate surface area is 125 Å². The normalized spacial score (nSPS) is 10.8. The van der Waals surface area contributed by atoms with Gasteiger partial charge in [-0.3, -0.25) is 4.79 Å². The summed E-state index contributed by atoms with van der Waals surface area (Å²) in [6, 6.07) is 11.4. The molecule has 2 rings (SSSR count). The van der Waals surface area contributed by atoms with Gasteiger partial charge in [-0.15, -0.1) is 0 Å². The van der Waals surface area contributed by atoms with Crippen LogP contribution in [0.5, 0.6) is 0 Å². The summed E-state index contributed by atoms with van der Waals surface area (Å²) in [6.45, 7) is 6.18. The Kier molecular flexibility index (Phi) is 5.21. The van der Waals surface area contributed by atoms with Crippen LogP contribution >= 0.6 is 0 Å². The minimum absolute atomic E-state index is 0.179. The number of hydrogen-bond donors (Lipinski definition) is 1. The Balaban J connectivity index is 1.95. The van der Waals surface area contributed by atoms with Crippen LogP contribution in [0.15, 0.2) is 53.2 Å². The van der Waals surface area contributed by atoms with Crippen molar-refractivity contribution in [2.75, 3.05) is 23.3 Å². The predicted molar refractivity (Wildman–Crippen MR) is 86.4 cm³/mol. The molecule has 0 radical (unpaired) electrons. The third-order valence-electron chi connectivity index (χ3n) is 3.21. The molecule has 0 bridgehead atoms. The number of hydrogen-bond acceptors (Lipinski definition) is 3. The van der Waals surface area contributed by atoms with Crippen LogP contribution in [0.4, 0.5) is 11.4 Å². The lowest BCUT2D eigenvalue weighted by atomic mass is 10.2. The van der Waals surface area contributed by atoms with Crippen LogP contribution in [0, 0.1) is 0 Å². The number of nitrogens with one attached hydrogen (secondary N) is 1. The number of carbonyl (C=O) groups excluding carboxylic acids is 1. The molecule has 1 N–H and O–H groups in total. The van der Waals surface area contributed by atoms with Gasteiger partial charge in [0.15, 0.2) is 0 Å². The molecule has 0 unspecified atom stereocenters. The predicted octanol–water partition coefficient (Wildman–Crippen LogP) is 3.78. The second kappa shape index (κ2) is 7.33. The zero-order valence-corrected chi connectivity index (χ0v) is 12.4. The van der Waals surface area contributed by atoms with E-state index >= 15 is 0 Å². The first-order chi connectivity index (χ1) is 10.2. The summed E-state index contributed by atoms with van der Waals surface area (Å²) >= 11 is 0. The number of anilines is 2. The van der Waals surface area contributed by atoms with Gasteiger partial charge in [0.05, 0.1) is 6.26 Å². The zero-order valence-electron chi connectivity index (χ0n) is 12.4. The van der Waals surface area contributed by atoms with Crippen LogP contribution in [0.2, 0.25) is 0 Å². The van der Waals surface area contributed by atoms with Gasteiger partial charge >= 0.3 is 0 Å². The van der Waals surface area contributed by atoms with Crippen LogP contribution in [0.1, 0.15) is 19.6 Å². The third kappa shape index (κ3) is 4.24. The van der Waals surface area contributed by atoms with Crippen molar-refractivity contribution < 1.29 is 9.21 Å². The van der Waals surface area contributed by atoms with E-state index in [-0.39, 0.29) is 5.91 Å². The van der Waals surface area contributed by atoms with Crippen LogP contribution in [0.3, 0.4) is 0 Å². The van der Waals surface area contributed by atoms with E-state index in [2.05, 4.69) is 24.1 Å². The highest BCUT2D eigenvalue weighted by Crippen LogP contribution is 2.17. The van der Waals surface area contributed by atoms with E-state index in [4.69, 9.17) is 4.42 Å². The van der Waals surface area contributed by atoms with Gasteiger partial charge in [-0.05, 0) is 56.3 Å². The highest BCUT2D eigenvalue weighted by atomic mass is 16.3. The van der Waals surface area contributed by atoms with Gasteiger partial charge in [0.25, 0.3) is 0 Å². The summed E-state index contributed by atoms with van der Waals surface area (Å²) in [5.41, 5.74) is 1.93. The van der Waals surface area contributed by atoms with E-state index in [0.29, 0.717) is 5.76 Å². The molecule has 21 heavy (non-hydrogen) atoms. The van der Waals surface area contributed by atoms with Gasteiger partial charge in [0, 0.05) is 30.5 Å². The molecule has 0 saturated heterocycles. The SMILES string of the molecule is CCN(CC)c1ccc(NC(=O)/C=C/c2ccco2)cc1. The summed E-state index contributed by atoms with van der Waals surface area (Å²) in [4.78, 5) is 14.0. The smallest absolute Gasteiger partial charge is 0.248 e. The molecule has 0 aliphatic rings. The molecule has 4 heteroatoms. The fourth-order valence-electron chi connectivity index (χ4n) is 2.07. The minimum atomic E-state index is -0.179. The lowest BCUT2D eigenvalue weighted by molar-refractivity contribution is -0.111. The summed E-state index contributed by atoms with van der Waals surface area (Å²) < 4.78 is 5.13. The number of furan rings is 1. The Morgan fingerprint density at radius 2 is 1.90 bits per heavy atom. The number of benzene rings is 1. The molecule has 1 aromatic carbocycles. The first kappa shape index (κ1) is 14.9. The van der Waals surface area contributed by atoms with Gasteiger partial charge < -0.3 is 14.6 Å². The molecular weight excluding hydrogens is 264 g/mol. The summed E-state index contributed by atoms with van der Waals surface area (Å²) in [7, 11) is 0. The summed E-state index contributed by atoms with van der Waals surface area (Å²) in [6.07, 6.45) is 4.67.